The molecular weight excluding hydrogens is 239 g/mol. The molecule has 1 N–H and O–H groups in total. The van der Waals surface area contributed by atoms with Crippen molar-refractivity contribution >= 4 is 16.5 Å². The second-order valence-corrected chi connectivity index (χ2v) is 5.08. The normalized spacial score (nSPS) is 13.1. The maximum absolute atomic E-state index is 13.5. The number of halogens is 1. The van der Waals surface area contributed by atoms with Gasteiger partial charge in [-0.3, -0.25) is 0 Å². The zero-order chi connectivity index (χ0) is 14.0. The summed E-state index contributed by atoms with van der Waals surface area (Å²) < 4.78 is 15.8. The van der Waals surface area contributed by atoms with E-state index < -0.39 is 0 Å². The van der Waals surface area contributed by atoms with Crippen LogP contribution in [0.1, 0.15) is 24.5 Å². The van der Waals surface area contributed by atoms with Crippen LogP contribution in [-0.4, -0.2) is 18.7 Å². The fraction of sp³-hybridized carbons (Fsp3) is 0.375. The smallest absolute Gasteiger partial charge is 0.124 e. The van der Waals surface area contributed by atoms with Crippen molar-refractivity contribution in [3.63, 3.8) is 0 Å². The molecule has 0 saturated heterocycles. The first-order valence-electron chi connectivity index (χ1n) is 6.64. The molecule has 19 heavy (non-hydrogen) atoms. The summed E-state index contributed by atoms with van der Waals surface area (Å²) in [6.07, 6.45) is 4.18. The molecule has 0 fully saturated rings. The zero-order valence-corrected chi connectivity index (χ0v) is 11.9. The van der Waals surface area contributed by atoms with Crippen LogP contribution in [0, 0.1) is 5.82 Å². The molecule has 1 aromatic carbocycles. The molecule has 2 aromatic rings. The van der Waals surface area contributed by atoms with Gasteiger partial charge in [0.25, 0.3) is 0 Å². The summed E-state index contributed by atoms with van der Waals surface area (Å²) in [6.45, 7) is 6.97. The van der Waals surface area contributed by atoms with E-state index >= 15 is 0 Å². The highest BCUT2D eigenvalue weighted by molar-refractivity contribution is 5.94. The lowest BCUT2D eigenvalue weighted by atomic mass is 10.0. The molecule has 3 rings (SSSR count). The van der Waals surface area contributed by atoms with Gasteiger partial charge >= 0.3 is 0 Å². The summed E-state index contributed by atoms with van der Waals surface area (Å²) in [7, 11) is 3.75. The van der Waals surface area contributed by atoms with Crippen molar-refractivity contribution in [2.75, 3.05) is 14.1 Å². The van der Waals surface area contributed by atoms with Crippen LogP contribution < -0.4 is 5.32 Å². The minimum Gasteiger partial charge on any atom is -0.347 e. The maximum atomic E-state index is 13.5. The Hall–Kier alpha value is -1.61. The molecular formula is C16H21FN2. The van der Waals surface area contributed by atoms with Crippen LogP contribution in [0.5, 0.6) is 0 Å². The third-order valence-electron chi connectivity index (χ3n) is 3.32. The maximum Gasteiger partial charge on any atom is 0.124 e. The molecule has 2 nitrogen and oxygen atoms in total. The number of benzene rings is 1. The fourth-order valence-electron chi connectivity index (χ4n) is 2.64. The van der Waals surface area contributed by atoms with Gasteiger partial charge in [-0.05, 0) is 57.1 Å². The zero-order valence-electron chi connectivity index (χ0n) is 11.9. The van der Waals surface area contributed by atoms with Crippen molar-refractivity contribution in [3.8, 4) is 0 Å². The molecule has 0 amide bonds. The fourth-order valence-corrected chi connectivity index (χ4v) is 2.64. The van der Waals surface area contributed by atoms with Gasteiger partial charge in [-0.15, -0.1) is 0 Å². The summed E-state index contributed by atoms with van der Waals surface area (Å²) in [6, 6.07) is 3.30. The number of aryl methyl sites for hydroxylation is 2. The summed E-state index contributed by atoms with van der Waals surface area (Å²) in [5, 5.41) is 3.77. The Labute approximate surface area is 113 Å². The number of rotatable bonds is 1. The van der Waals surface area contributed by atoms with Gasteiger partial charge in [-0.2, -0.15) is 0 Å². The van der Waals surface area contributed by atoms with E-state index in [4.69, 9.17) is 0 Å². The number of allylic oxidation sites excluding steroid dienone is 1. The first kappa shape index (κ1) is 13.8. The van der Waals surface area contributed by atoms with E-state index in [1.807, 2.05) is 21.0 Å². The van der Waals surface area contributed by atoms with Gasteiger partial charge in [0.2, 0.25) is 0 Å². The van der Waals surface area contributed by atoms with Crippen molar-refractivity contribution in [2.45, 2.75) is 26.3 Å². The van der Waals surface area contributed by atoms with Crippen LogP contribution >= 0.6 is 0 Å². The Bertz CT molecular complexity index is 611. The van der Waals surface area contributed by atoms with Gasteiger partial charge < -0.3 is 9.88 Å². The first-order valence-corrected chi connectivity index (χ1v) is 6.64. The Morgan fingerprint density at radius 2 is 2.05 bits per heavy atom. The van der Waals surface area contributed by atoms with Crippen LogP contribution in [0.25, 0.3) is 16.5 Å². The molecule has 0 radical (unpaired) electrons. The average molecular weight is 260 g/mol. The Kier molecular flexibility index (Phi) is 4.05. The summed E-state index contributed by atoms with van der Waals surface area (Å²) in [5.74, 6) is -0.135. The van der Waals surface area contributed by atoms with E-state index in [0.29, 0.717) is 0 Å². The molecule has 0 spiro atoms. The number of aromatic nitrogens is 1. The van der Waals surface area contributed by atoms with Crippen LogP contribution in [-0.2, 0) is 13.0 Å². The number of nitrogens with zero attached hydrogens (tertiary/aromatic N) is 1. The Balaban J connectivity index is 0.000000408. The molecule has 1 aliphatic rings. The monoisotopic (exact) mass is 260 g/mol. The second kappa shape index (κ2) is 5.57. The van der Waals surface area contributed by atoms with E-state index in [2.05, 4.69) is 22.7 Å². The highest BCUT2D eigenvalue weighted by Crippen LogP contribution is 2.33. The number of nitrogens with one attached hydrogen (secondary N) is 1. The van der Waals surface area contributed by atoms with Crippen molar-refractivity contribution in [2.24, 2.45) is 0 Å². The molecule has 1 aromatic heterocycles. The number of hydrogen-bond donors (Lipinski definition) is 1. The lowest BCUT2D eigenvalue weighted by Crippen LogP contribution is -2.06. The minimum atomic E-state index is -0.135. The van der Waals surface area contributed by atoms with Gasteiger partial charge in [0, 0.05) is 23.7 Å². The third-order valence-corrected chi connectivity index (χ3v) is 3.32. The molecule has 3 heteroatoms. The molecule has 1 aliphatic heterocycles. The highest BCUT2D eigenvalue weighted by Gasteiger charge is 2.17. The summed E-state index contributed by atoms with van der Waals surface area (Å²) >= 11 is 0. The topological polar surface area (TPSA) is 17.0 Å². The molecule has 2 heterocycles. The van der Waals surface area contributed by atoms with Gasteiger partial charge in [-0.1, -0.05) is 6.58 Å². The van der Waals surface area contributed by atoms with Crippen LogP contribution in [0.15, 0.2) is 24.9 Å². The molecule has 0 aliphatic carbocycles. The van der Waals surface area contributed by atoms with Gasteiger partial charge in [0.05, 0.1) is 5.52 Å². The largest absolute Gasteiger partial charge is 0.347 e. The van der Waals surface area contributed by atoms with E-state index in [1.165, 1.54) is 5.52 Å². The van der Waals surface area contributed by atoms with E-state index in [-0.39, 0.29) is 5.82 Å². The van der Waals surface area contributed by atoms with E-state index in [1.54, 1.807) is 12.1 Å². The molecule has 102 valence electrons. The molecule has 0 atom stereocenters. The average Bonchev–Trinajstić information content (AvgIpc) is 2.71. The summed E-state index contributed by atoms with van der Waals surface area (Å²) in [5.41, 5.74) is 4.42. The van der Waals surface area contributed by atoms with Crippen molar-refractivity contribution in [1.82, 2.24) is 9.88 Å². The second-order valence-electron chi connectivity index (χ2n) is 5.08. The minimum absolute atomic E-state index is 0.135. The Morgan fingerprint density at radius 1 is 1.37 bits per heavy atom. The van der Waals surface area contributed by atoms with Crippen LogP contribution in [0.4, 0.5) is 4.39 Å². The molecule has 0 bridgehead atoms. The predicted octanol–water partition coefficient (Wildman–Crippen LogP) is 3.60. The van der Waals surface area contributed by atoms with Crippen LogP contribution in [0.2, 0.25) is 0 Å². The van der Waals surface area contributed by atoms with E-state index in [9.17, 15) is 4.39 Å². The standard InChI is InChI=1S/C14H14FN.C2H7N/c1-9(2)13-8-16-5-3-4-10-6-11(15)7-12(13)14(10)16;1-3-2/h6-8H,1,3-5H2,2H3;3H,1-2H3. The summed E-state index contributed by atoms with van der Waals surface area (Å²) in [4.78, 5) is 0. The quantitative estimate of drug-likeness (QED) is 0.829. The van der Waals surface area contributed by atoms with Crippen molar-refractivity contribution in [1.29, 1.82) is 0 Å². The third kappa shape index (κ3) is 2.56. The SMILES string of the molecule is C=C(C)c1cn2c3c(cc(F)cc13)CCC2.CNC. The Morgan fingerprint density at radius 3 is 2.68 bits per heavy atom. The van der Waals surface area contributed by atoms with E-state index in [0.717, 1.165) is 41.5 Å². The first-order chi connectivity index (χ1) is 9.08. The van der Waals surface area contributed by atoms with Crippen molar-refractivity contribution in [3.05, 3.63) is 41.9 Å². The number of hydrogen-bond acceptors (Lipinski definition) is 1. The highest BCUT2D eigenvalue weighted by atomic mass is 19.1. The molecule has 0 saturated carbocycles. The lowest BCUT2D eigenvalue weighted by Gasteiger charge is -2.15. The van der Waals surface area contributed by atoms with Gasteiger partial charge in [-0.25, -0.2) is 4.39 Å². The van der Waals surface area contributed by atoms with Crippen molar-refractivity contribution < 1.29 is 4.39 Å². The van der Waals surface area contributed by atoms with Gasteiger partial charge in [0.15, 0.2) is 0 Å². The predicted molar refractivity (Wildman–Crippen MR) is 79.9 cm³/mol. The van der Waals surface area contributed by atoms with Gasteiger partial charge in [0.1, 0.15) is 5.82 Å². The lowest BCUT2D eigenvalue weighted by molar-refractivity contribution is 0.611. The molecule has 0 unspecified atom stereocenters. The van der Waals surface area contributed by atoms with Crippen LogP contribution in [0.3, 0.4) is 0 Å².